The molecule has 0 atom stereocenters. The molecule has 0 saturated carbocycles. The lowest BCUT2D eigenvalue weighted by atomic mass is 10.1. The molecule has 1 heterocycles. The van der Waals surface area contributed by atoms with E-state index in [9.17, 15) is 15.2 Å². The Morgan fingerprint density at radius 1 is 1.50 bits per heavy atom. The highest BCUT2D eigenvalue weighted by Crippen LogP contribution is 2.11. The largest absolute Gasteiger partial charge is 0.612 e. The van der Waals surface area contributed by atoms with Crippen LogP contribution in [0.5, 0.6) is 0 Å². The van der Waals surface area contributed by atoms with E-state index in [-0.39, 0.29) is 23.3 Å². The fourth-order valence-corrected chi connectivity index (χ4v) is 1.74. The number of nitro groups is 1. The first-order chi connectivity index (χ1) is 8.54. The van der Waals surface area contributed by atoms with Crippen LogP contribution in [0.3, 0.4) is 0 Å². The number of hydrogen-bond acceptors (Lipinski definition) is 5. The third-order valence-electron chi connectivity index (χ3n) is 2.61. The number of nitrogens with zero attached hydrogens (tertiary/aromatic N) is 2. The van der Waals surface area contributed by atoms with Crippen molar-refractivity contribution in [3.63, 3.8) is 0 Å². The Morgan fingerprint density at radius 3 is 2.83 bits per heavy atom. The van der Waals surface area contributed by atoms with Crippen LogP contribution in [-0.2, 0) is 4.74 Å². The van der Waals surface area contributed by atoms with E-state index in [0.717, 1.165) is 5.56 Å². The second-order valence-corrected chi connectivity index (χ2v) is 3.78. The summed E-state index contributed by atoms with van der Waals surface area (Å²) in [5.74, 6) is -0.567. The average molecular weight is 247 g/mol. The topological polar surface area (TPSA) is 87.8 Å². The predicted molar refractivity (Wildman–Crippen MR) is 61.7 cm³/mol. The van der Waals surface area contributed by atoms with Crippen LogP contribution < -0.4 is 15.7 Å². The SMILES string of the molecule is CCOC([O-])=C1C=c2c(C)ccc([N+](=O)[O-])c2=N1. The molecular formula is C12H11N2O4-. The van der Waals surface area contributed by atoms with Crippen molar-refractivity contribution in [1.29, 1.82) is 0 Å². The van der Waals surface area contributed by atoms with Gasteiger partial charge in [-0.15, -0.1) is 0 Å². The number of hydrogen-bond donors (Lipinski definition) is 0. The van der Waals surface area contributed by atoms with E-state index in [2.05, 4.69) is 4.99 Å². The van der Waals surface area contributed by atoms with E-state index >= 15 is 0 Å². The lowest BCUT2D eigenvalue weighted by molar-refractivity contribution is -0.386. The molecular weight excluding hydrogens is 236 g/mol. The number of nitro benzene ring substituents is 1. The molecule has 0 unspecified atom stereocenters. The molecule has 0 N–H and O–H groups in total. The number of non-ortho nitro benzene ring substituents is 1. The van der Waals surface area contributed by atoms with Crippen LogP contribution in [0.15, 0.2) is 28.8 Å². The van der Waals surface area contributed by atoms with Crippen molar-refractivity contribution in [2.24, 2.45) is 4.99 Å². The molecule has 6 nitrogen and oxygen atoms in total. The molecule has 1 aromatic rings. The van der Waals surface area contributed by atoms with Crippen molar-refractivity contribution in [1.82, 2.24) is 0 Å². The number of allylic oxidation sites excluding steroid dienone is 1. The fourth-order valence-electron chi connectivity index (χ4n) is 1.74. The van der Waals surface area contributed by atoms with E-state index in [1.54, 1.807) is 13.0 Å². The van der Waals surface area contributed by atoms with Gasteiger partial charge < -0.3 is 9.84 Å². The third-order valence-corrected chi connectivity index (χ3v) is 2.61. The Kier molecular flexibility index (Phi) is 3.01. The molecule has 1 aliphatic heterocycles. The third kappa shape index (κ3) is 1.92. The fraction of sp³-hybridized carbons (Fsp3) is 0.250. The second-order valence-electron chi connectivity index (χ2n) is 3.78. The summed E-state index contributed by atoms with van der Waals surface area (Å²) in [5, 5.41) is 23.3. The van der Waals surface area contributed by atoms with Gasteiger partial charge in [0.25, 0.3) is 5.69 Å². The van der Waals surface area contributed by atoms with E-state index < -0.39 is 10.9 Å². The molecule has 18 heavy (non-hydrogen) atoms. The average Bonchev–Trinajstić information content (AvgIpc) is 2.75. The zero-order valence-electron chi connectivity index (χ0n) is 9.97. The molecule has 0 saturated heterocycles. The van der Waals surface area contributed by atoms with Crippen molar-refractivity contribution >= 4 is 11.8 Å². The van der Waals surface area contributed by atoms with Gasteiger partial charge in [-0.25, -0.2) is 4.99 Å². The van der Waals surface area contributed by atoms with Crippen LogP contribution in [0.1, 0.15) is 12.5 Å². The Bertz CT molecular complexity index is 661. The minimum absolute atomic E-state index is 0.101. The summed E-state index contributed by atoms with van der Waals surface area (Å²) in [5.41, 5.74) is 0.828. The summed E-state index contributed by atoms with van der Waals surface area (Å²) >= 11 is 0. The summed E-state index contributed by atoms with van der Waals surface area (Å²) < 4.78 is 4.83. The number of fused-ring (bicyclic) bond motifs is 1. The maximum absolute atomic E-state index is 11.6. The summed E-state index contributed by atoms with van der Waals surface area (Å²) in [6.45, 7) is 3.74. The maximum atomic E-state index is 11.6. The first kappa shape index (κ1) is 12.1. The predicted octanol–water partition coefficient (Wildman–Crippen LogP) is -0.117. The van der Waals surface area contributed by atoms with Crippen molar-refractivity contribution < 1.29 is 14.8 Å². The Labute approximate surface area is 103 Å². The molecule has 1 aliphatic rings. The molecule has 0 radical (unpaired) electrons. The minimum atomic E-state index is -0.567. The van der Waals surface area contributed by atoms with Gasteiger partial charge in [-0.3, -0.25) is 10.1 Å². The summed E-state index contributed by atoms with van der Waals surface area (Å²) in [6, 6.07) is 3.02. The normalized spacial score (nSPS) is 15.4. The number of benzene rings is 1. The zero-order chi connectivity index (χ0) is 13.3. The zero-order valence-corrected chi connectivity index (χ0v) is 9.97. The molecule has 2 rings (SSSR count). The lowest BCUT2D eigenvalue weighted by Crippen LogP contribution is -2.27. The van der Waals surface area contributed by atoms with E-state index in [1.807, 2.05) is 6.92 Å². The van der Waals surface area contributed by atoms with Gasteiger partial charge >= 0.3 is 0 Å². The van der Waals surface area contributed by atoms with E-state index in [4.69, 9.17) is 4.74 Å². The summed E-state index contributed by atoms with van der Waals surface area (Å²) in [7, 11) is 0. The van der Waals surface area contributed by atoms with Crippen LogP contribution >= 0.6 is 0 Å². The van der Waals surface area contributed by atoms with Gasteiger partial charge in [0.2, 0.25) is 0 Å². The standard InChI is InChI=1S/C12H12N2O4/c1-3-18-12(15)9-6-8-7(2)4-5-10(14(16)17)11(8)13-9/h4-6,15H,3H2,1-2H3/p-1. The number of rotatable bonds is 3. The molecule has 0 fully saturated rings. The quantitative estimate of drug-likeness (QED) is 0.423. The molecule has 0 aromatic heterocycles. The van der Waals surface area contributed by atoms with Gasteiger partial charge in [0.1, 0.15) is 5.36 Å². The molecule has 0 spiro atoms. The number of aryl methyl sites for hydroxylation is 1. The van der Waals surface area contributed by atoms with Crippen LogP contribution in [0, 0.1) is 17.0 Å². The molecule has 0 aliphatic carbocycles. The Morgan fingerprint density at radius 2 is 2.22 bits per heavy atom. The molecule has 94 valence electrons. The summed E-state index contributed by atoms with van der Waals surface area (Å²) in [6.07, 6.45) is 1.52. The van der Waals surface area contributed by atoms with Gasteiger partial charge in [0.15, 0.2) is 0 Å². The first-order valence-corrected chi connectivity index (χ1v) is 5.43. The Balaban J connectivity index is 2.71. The highest BCUT2D eigenvalue weighted by atomic mass is 16.6. The summed E-state index contributed by atoms with van der Waals surface area (Å²) in [4.78, 5) is 14.4. The monoisotopic (exact) mass is 247 g/mol. The van der Waals surface area contributed by atoms with Gasteiger partial charge in [-0.1, -0.05) is 13.0 Å². The maximum Gasteiger partial charge on any atom is 0.295 e. The first-order valence-electron chi connectivity index (χ1n) is 5.43. The van der Waals surface area contributed by atoms with E-state index in [1.165, 1.54) is 12.1 Å². The molecule has 1 aromatic carbocycles. The van der Waals surface area contributed by atoms with Gasteiger partial charge in [-0.05, 0) is 25.2 Å². The van der Waals surface area contributed by atoms with Gasteiger partial charge in [-0.2, -0.15) is 0 Å². The van der Waals surface area contributed by atoms with E-state index in [0.29, 0.717) is 5.22 Å². The van der Waals surface area contributed by atoms with Crippen LogP contribution in [0.2, 0.25) is 0 Å². The lowest BCUT2D eigenvalue weighted by Gasteiger charge is -2.12. The molecule has 6 heteroatoms. The van der Waals surface area contributed by atoms with Crippen LogP contribution in [-0.4, -0.2) is 11.5 Å². The minimum Gasteiger partial charge on any atom is -0.612 e. The highest BCUT2D eigenvalue weighted by Gasteiger charge is 2.16. The molecule has 0 bridgehead atoms. The highest BCUT2D eigenvalue weighted by molar-refractivity contribution is 5.54. The molecule has 0 amide bonds. The van der Waals surface area contributed by atoms with Gasteiger partial charge in [0.05, 0.1) is 16.6 Å². The second kappa shape index (κ2) is 4.48. The Hall–Kier alpha value is -2.37. The van der Waals surface area contributed by atoms with Gasteiger partial charge in [0, 0.05) is 11.3 Å². The number of ether oxygens (including phenoxy) is 1. The van der Waals surface area contributed by atoms with Crippen LogP contribution in [0.25, 0.3) is 6.08 Å². The van der Waals surface area contributed by atoms with Crippen molar-refractivity contribution in [2.75, 3.05) is 6.61 Å². The van der Waals surface area contributed by atoms with Crippen molar-refractivity contribution in [3.05, 3.63) is 50.0 Å². The van der Waals surface area contributed by atoms with Crippen molar-refractivity contribution in [3.8, 4) is 0 Å². The van der Waals surface area contributed by atoms with Crippen molar-refractivity contribution in [2.45, 2.75) is 13.8 Å². The van der Waals surface area contributed by atoms with Crippen LogP contribution in [0.4, 0.5) is 5.69 Å². The smallest absolute Gasteiger partial charge is 0.295 e.